The summed E-state index contributed by atoms with van der Waals surface area (Å²) in [5.41, 5.74) is 3.65. The maximum Gasteiger partial charge on any atom is 0.573 e. The van der Waals surface area contributed by atoms with E-state index in [-0.39, 0.29) is 11.8 Å². The minimum Gasteiger partial charge on any atom is -0.497 e. The highest BCUT2D eigenvalue weighted by molar-refractivity contribution is 5.84. The monoisotopic (exact) mass is 462 g/mol. The zero-order chi connectivity index (χ0) is 23.6. The minimum absolute atomic E-state index is 0.0251. The van der Waals surface area contributed by atoms with Crippen LogP contribution in [0, 0.1) is 0 Å². The SMILES string of the molecule is COc1ccc2[nH]cc(CCC[C@H]3c4cc(OC(F)(F)F)c(OC)cc4CCN3C=O)c2c1. The fourth-order valence-electron chi connectivity index (χ4n) is 4.52. The average molecular weight is 462 g/mol. The molecule has 0 spiro atoms. The Balaban J connectivity index is 1.57. The Labute approximate surface area is 189 Å². The first kappa shape index (κ1) is 22.8. The largest absolute Gasteiger partial charge is 0.573 e. The molecule has 6 nitrogen and oxygen atoms in total. The van der Waals surface area contributed by atoms with Crippen LogP contribution >= 0.6 is 0 Å². The van der Waals surface area contributed by atoms with Gasteiger partial charge in [0.05, 0.1) is 20.3 Å². The van der Waals surface area contributed by atoms with Crippen molar-refractivity contribution in [3.05, 3.63) is 53.2 Å². The number of ether oxygens (including phenoxy) is 3. The average Bonchev–Trinajstić information content (AvgIpc) is 3.19. The van der Waals surface area contributed by atoms with Crippen LogP contribution in [-0.2, 0) is 17.6 Å². The van der Waals surface area contributed by atoms with E-state index >= 15 is 0 Å². The van der Waals surface area contributed by atoms with E-state index in [1.807, 2.05) is 24.4 Å². The number of hydrogen-bond acceptors (Lipinski definition) is 4. The molecule has 33 heavy (non-hydrogen) atoms. The number of H-pyrrole nitrogens is 1. The maximum atomic E-state index is 12.9. The van der Waals surface area contributed by atoms with E-state index in [0.29, 0.717) is 24.9 Å². The number of alkyl halides is 3. The number of fused-ring (bicyclic) bond motifs is 2. The maximum absolute atomic E-state index is 12.9. The molecule has 1 aliphatic heterocycles. The van der Waals surface area contributed by atoms with Crippen LogP contribution in [0.1, 0.15) is 35.6 Å². The smallest absolute Gasteiger partial charge is 0.497 e. The Kier molecular flexibility index (Phi) is 6.40. The molecule has 0 unspecified atom stereocenters. The number of methoxy groups -OCH3 is 2. The molecule has 176 valence electrons. The van der Waals surface area contributed by atoms with Crippen LogP contribution in [-0.4, -0.2) is 43.4 Å². The van der Waals surface area contributed by atoms with Crippen molar-refractivity contribution in [2.75, 3.05) is 20.8 Å². The fourth-order valence-corrected chi connectivity index (χ4v) is 4.52. The summed E-state index contributed by atoms with van der Waals surface area (Å²) in [5.74, 6) is 0.394. The Morgan fingerprint density at radius 2 is 1.97 bits per heavy atom. The Hall–Kier alpha value is -3.36. The number of aryl methyl sites for hydroxylation is 1. The van der Waals surface area contributed by atoms with Gasteiger partial charge in [-0.25, -0.2) is 0 Å². The molecule has 1 amide bonds. The van der Waals surface area contributed by atoms with E-state index in [2.05, 4.69) is 9.72 Å². The van der Waals surface area contributed by atoms with Gasteiger partial charge in [0.1, 0.15) is 5.75 Å². The molecule has 4 rings (SSSR count). The summed E-state index contributed by atoms with van der Waals surface area (Å²) in [6, 6.07) is 8.42. The van der Waals surface area contributed by atoms with Gasteiger partial charge in [0, 0.05) is 23.6 Å². The lowest BCUT2D eigenvalue weighted by Crippen LogP contribution is -2.34. The normalized spacial score (nSPS) is 15.9. The first-order valence-corrected chi connectivity index (χ1v) is 10.6. The fraction of sp³-hybridized carbons (Fsp3) is 0.375. The van der Waals surface area contributed by atoms with Crippen LogP contribution in [0.25, 0.3) is 10.9 Å². The van der Waals surface area contributed by atoms with Crippen molar-refractivity contribution in [2.45, 2.75) is 38.1 Å². The number of aromatic amines is 1. The predicted octanol–water partition coefficient (Wildman–Crippen LogP) is 5.16. The molecule has 2 heterocycles. The molecule has 1 N–H and O–H groups in total. The number of rotatable bonds is 8. The summed E-state index contributed by atoms with van der Waals surface area (Å²) in [5, 5.41) is 1.07. The third-order valence-electron chi connectivity index (χ3n) is 6.08. The number of benzene rings is 2. The molecule has 1 aliphatic rings. The third-order valence-corrected chi connectivity index (χ3v) is 6.08. The van der Waals surface area contributed by atoms with Gasteiger partial charge < -0.3 is 24.1 Å². The molecule has 0 aliphatic carbocycles. The highest BCUT2D eigenvalue weighted by Gasteiger charge is 2.34. The minimum atomic E-state index is -4.84. The van der Waals surface area contributed by atoms with E-state index in [1.165, 1.54) is 13.2 Å². The molecule has 0 saturated heterocycles. The predicted molar refractivity (Wildman–Crippen MR) is 117 cm³/mol. The van der Waals surface area contributed by atoms with Gasteiger partial charge in [-0.2, -0.15) is 0 Å². The van der Waals surface area contributed by atoms with E-state index in [1.54, 1.807) is 18.1 Å². The number of nitrogens with one attached hydrogen (secondary N) is 1. The van der Waals surface area contributed by atoms with Crippen LogP contribution < -0.4 is 14.2 Å². The highest BCUT2D eigenvalue weighted by atomic mass is 19.4. The lowest BCUT2D eigenvalue weighted by atomic mass is 9.89. The number of nitrogens with zero attached hydrogens (tertiary/aromatic N) is 1. The van der Waals surface area contributed by atoms with Crippen molar-refractivity contribution >= 4 is 17.3 Å². The zero-order valence-corrected chi connectivity index (χ0v) is 18.4. The molecule has 0 fully saturated rings. The molecule has 1 aromatic heterocycles. The molecule has 0 radical (unpaired) electrons. The van der Waals surface area contributed by atoms with E-state index in [0.717, 1.165) is 47.0 Å². The zero-order valence-electron chi connectivity index (χ0n) is 18.4. The van der Waals surface area contributed by atoms with E-state index in [9.17, 15) is 18.0 Å². The summed E-state index contributed by atoms with van der Waals surface area (Å²) >= 11 is 0. The third kappa shape index (κ3) is 4.86. The Morgan fingerprint density at radius 3 is 2.67 bits per heavy atom. The molecule has 0 bridgehead atoms. The van der Waals surface area contributed by atoms with Crippen molar-refractivity contribution in [3.8, 4) is 17.2 Å². The number of carbonyl (C=O) groups is 1. The second-order valence-electron chi connectivity index (χ2n) is 7.98. The van der Waals surface area contributed by atoms with Gasteiger partial charge in [0.15, 0.2) is 11.5 Å². The van der Waals surface area contributed by atoms with Crippen molar-refractivity contribution in [1.82, 2.24) is 9.88 Å². The molecule has 1 atom stereocenters. The summed E-state index contributed by atoms with van der Waals surface area (Å²) in [4.78, 5) is 16.6. The van der Waals surface area contributed by atoms with E-state index in [4.69, 9.17) is 9.47 Å². The molecule has 0 saturated carbocycles. The van der Waals surface area contributed by atoms with Gasteiger partial charge in [-0.3, -0.25) is 4.79 Å². The second kappa shape index (κ2) is 9.25. The summed E-state index contributed by atoms with van der Waals surface area (Å²) in [6.07, 6.45) is 0.491. The van der Waals surface area contributed by atoms with Gasteiger partial charge in [0.2, 0.25) is 6.41 Å². The van der Waals surface area contributed by atoms with Gasteiger partial charge in [-0.1, -0.05) is 0 Å². The van der Waals surface area contributed by atoms with Gasteiger partial charge in [-0.15, -0.1) is 13.2 Å². The number of carbonyl (C=O) groups excluding carboxylic acids is 1. The summed E-state index contributed by atoms with van der Waals surface area (Å²) < 4.78 is 53.4. The van der Waals surface area contributed by atoms with Crippen LogP contribution in [0.2, 0.25) is 0 Å². The van der Waals surface area contributed by atoms with Crippen LogP contribution in [0.4, 0.5) is 13.2 Å². The first-order valence-electron chi connectivity index (χ1n) is 10.6. The van der Waals surface area contributed by atoms with Crippen molar-refractivity contribution in [3.63, 3.8) is 0 Å². The van der Waals surface area contributed by atoms with Crippen LogP contribution in [0.5, 0.6) is 17.2 Å². The Morgan fingerprint density at radius 1 is 1.15 bits per heavy atom. The summed E-state index contributed by atoms with van der Waals surface area (Å²) in [6.45, 7) is 0.494. The quantitative estimate of drug-likeness (QED) is 0.470. The lowest BCUT2D eigenvalue weighted by molar-refractivity contribution is -0.275. The molecular formula is C24H25F3N2O4. The first-order chi connectivity index (χ1) is 15.8. The Bertz CT molecular complexity index is 1140. The number of halogens is 3. The van der Waals surface area contributed by atoms with Crippen molar-refractivity contribution < 1.29 is 32.2 Å². The molecule has 2 aromatic carbocycles. The van der Waals surface area contributed by atoms with E-state index < -0.39 is 12.1 Å². The summed E-state index contributed by atoms with van der Waals surface area (Å²) in [7, 11) is 2.92. The van der Waals surface area contributed by atoms with Crippen LogP contribution in [0.15, 0.2) is 36.5 Å². The van der Waals surface area contributed by atoms with Gasteiger partial charge >= 0.3 is 6.36 Å². The van der Waals surface area contributed by atoms with Gasteiger partial charge in [-0.05, 0) is 72.7 Å². The molecular weight excluding hydrogens is 437 g/mol. The van der Waals surface area contributed by atoms with Crippen LogP contribution in [0.3, 0.4) is 0 Å². The highest BCUT2D eigenvalue weighted by Crippen LogP contribution is 2.41. The van der Waals surface area contributed by atoms with Gasteiger partial charge in [0.25, 0.3) is 0 Å². The molecule has 9 heteroatoms. The number of amides is 1. The topological polar surface area (TPSA) is 63.8 Å². The molecule has 3 aromatic rings. The lowest BCUT2D eigenvalue weighted by Gasteiger charge is -2.35. The standard InChI is InChI=1S/C24H25F3N2O4/c1-31-17-6-7-20-18(11-17)16(13-28-20)4-3-5-21-19-12-23(33-24(25,26)27)22(32-2)10-15(19)8-9-29(21)14-30/h6-7,10-14,21,28H,3-5,8-9H2,1-2H3/t21-/m0/s1. The number of aromatic nitrogens is 1. The second-order valence-corrected chi connectivity index (χ2v) is 7.98. The number of hydrogen-bond donors (Lipinski definition) is 1. The van der Waals surface area contributed by atoms with Crippen molar-refractivity contribution in [1.29, 1.82) is 0 Å². The van der Waals surface area contributed by atoms with Crippen molar-refractivity contribution in [2.24, 2.45) is 0 Å².